The van der Waals surface area contributed by atoms with Crippen LogP contribution in [0.1, 0.15) is 21.7 Å². The molecule has 0 radical (unpaired) electrons. The van der Waals surface area contributed by atoms with Gasteiger partial charge in [0.25, 0.3) is 5.90 Å². The van der Waals surface area contributed by atoms with Gasteiger partial charge in [0, 0.05) is 0 Å². The molecule has 0 aliphatic carbocycles. The minimum atomic E-state index is -0.611. The van der Waals surface area contributed by atoms with Gasteiger partial charge in [-0.3, -0.25) is 0 Å². The lowest BCUT2D eigenvalue weighted by atomic mass is 10.1. The Hall–Kier alpha value is -3.11. The van der Waals surface area contributed by atoms with Crippen LogP contribution in [0.15, 0.2) is 69.9 Å². The van der Waals surface area contributed by atoms with E-state index in [1.807, 2.05) is 22.6 Å². The second kappa shape index (κ2) is 8.94. The van der Waals surface area contributed by atoms with Gasteiger partial charge < -0.3 is 18.6 Å². The molecule has 4 rings (SSSR count). The Bertz CT molecular complexity index is 1230. The Kier molecular flexibility index (Phi) is 6.10. The molecule has 0 unspecified atom stereocenters. The van der Waals surface area contributed by atoms with E-state index < -0.39 is 11.9 Å². The van der Waals surface area contributed by atoms with Crippen molar-refractivity contribution in [2.45, 2.75) is 0 Å². The minimum Gasteiger partial charge on any atom is -0.493 e. The molecule has 0 saturated carbocycles. The number of halogens is 2. The molecule has 0 atom stereocenters. The number of furan rings is 1. The maximum atomic E-state index is 12.5. The van der Waals surface area contributed by atoms with Gasteiger partial charge >= 0.3 is 11.9 Å². The third-order valence-corrected chi connectivity index (χ3v) is 5.33. The lowest BCUT2D eigenvalue weighted by molar-refractivity contribution is -0.130. The van der Waals surface area contributed by atoms with Crippen LogP contribution in [-0.4, -0.2) is 24.9 Å². The van der Waals surface area contributed by atoms with Crippen LogP contribution in [0.4, 0.5) is 0 Å². The zero-order valence-electron chi connectivity index (χ0n) is 15.9. The van der Waals surface area contributed by atoms with Crippen molar-refractivity contribution in [3.05, 3.63) is 86.0 Å². The number of cyclic esters (lactones) is 1. The van der Waals surface area contributed by atoms with Gasteiger partial charge in [-0.15, -0.1) is 0 Å². The van der Waals surface area contributed by atoms with Crippen LogP contribution in [0.3, 0.4) is 0 Å². The van der Waals surface area contributed by atoms with Crippen molar-refractivity contribution in [1.82, 2.24) is 0 Å². The Morgan fingerprint density at radius 1 is 1.19 bits per heavy atom. The highest BCUT2D eigenvalue weighted by molar-refractivity contribution is 14.1. The van der Waals surface area contributed by atoms with Crippen LogP contribution in [0.25, 0.3) is 6.08 Å². The van der Waals surface area contributed by atoms with Crippen LogP contribution in [0.5, 0.6) is 11.5 Å². The maximum absolute atomic E-state index is 12.5. The summed E-state index contributed by atoms with van der Waals surface area (Å²) in [4.78, 5) is 28.9. The van der Waals surface area contributed by atoms with Crippen LogP contribution >= 0.6 is 34.2 Å². The topological polar surface area (TPSA) is 87.3 Å². The Labute approximate surface area is 195 Å². The van der Waals surface area contributed by atoms with Gasteiger partial charge in [0.1, 0.15) is 0 Å². The number of aliphatic imine (C=N–C) groups is 1. The van der Waals surface area contributed by atoms with E-state index in [-0.39, 0.29) is 27.9 Å². The molecule has 1 aliphatic heterocycles. The van der Waals surface area contributed by atoms with Crippen molar-refractivity contribution in [2.75, 3.05) is 7.11 Å². The Morgan fingerprint density at radius 2 is 2.00 bits per heavy atom. The van der Waals surface area contributed by atoms with Crippen molar-refractivity contribution in [2.24, 2.45) is 4.99 Å². The summed E-state index contributed by atoms with van der Waals surface area (Å²) in [5, 5.41) is 0.285. The quantitative estimate of drug-likeness (QED) is 0.190. The van der Waals surface area contributed by atoms with Crippen molar-refractivity contribution in [3.8, 4) is 11.5 Å². The van der Waals surface area contributed by atoms with Crippen LogP contribution in [0, 0.1) is 3.57 Å². The molecule has 0 N–H and O–H groups in total. The first-order chi connectivity index (χ1) is 15.0. The highest BCUT2D eigenvalue weighted by Gasteiger charge is 2.26. The molecule has 0 saturated heterocycles. The fraction of sp³-hybridized carbons (Fsp3) is 0.0455. The van der Waals surface area contributed by atoms with E-state index in [2.05, 4.69) is 4.99 Å². The zero-order valence-corrected chi connectivity index (χ0v) is 18.8. The van der Waals surface area contributed by atoms with Crippen LogP contribution in [0.2, 0.25) is 5.02 Å². The second-order valence-corrected chi connectivity index (χ2v) is 7.79. The minimum absolute atomic E-state index is 0.0909. The summed E-state index contributed by atoms with van der Waals surface area (Å²) in [6, 6.07) is 13.2. The summed E-state index contributed by atoms with van der Waals surface area (Å²) in [7, 11) is 1.45. The predicted molar refractivity (Wildman–Crippen MR) is 121 cm³/mol. The number of rotatable bonds is 5. The van der Waals surface area contributed by atoms with Gasteiger partial charge in [-0.25, -0.2) is 14.6 Å². The number of hydrogen-bond donors (Lipinski definition) is 0. The first-order valence-corrected chi connectivity index (χ1v) is 10.3. The highest BCUT2D eigenvalue weighted by atomic mass is 127. The van der Waals surface area contributed by atoms with E-state index in [1.54, 1.807) is 54.6 Å². The fourth-order valence-electron chi connectivity index (χ4n) is 2.77. The number of hydrogen-bond acceptors (Lipinski definition) is 7. The maximum Gasteiger partial charge on any atom is 0.363 e. The smallest absolute Gasteiger partial charge is 0.363 e. The Morgan fingerprint density at radius 3 is 2.71 bits per heavy atom. The molecule has 0 fully saturated rings. The van der Waals surface area contributed by atoms with E-state index in [4.69, 9.17) is 30.2 Å². The normalized spacial score (nSPS) is 14.4. The third-order valence-electron chi connectivity index (χ3n) is 4.20. The number of benzene rings is 2. The molecule has 156 valence electrons. The number of ether oxygens (including phenoxy) is 3. The van der Waals surface area contributed by atoms with Crippen molar-refractivity contribution >= 4 is 58.1 Å². The lowest BCUT2D eigenvalue weighted by Gasteiger charge is -2.13. The molecule has 1 aromatic heterocycles. The highest BCUT2D eigenvalue weighted by Crippen LogP contribution is 2.36. The van der Waals surface area contributed by atoms with E-state index >= 15 is 0 Å². The molecule has 7 nitrogen and oxygen atoms in total. The van der Waals surface area contributed by atoms with Gasteiger partial charge in [-0.2, -0.15) is 0 Å². The molecule has 31 heavy (non-hydrogen) atoms. The summed E-state index contributed by atoms with van der Waals surface area (Å²) in [6.45, 7) is 0. The lowest BCUT2D eigenvalue weighted by Crippen LogP contribution is -2.11. The summed E-state index contributed by atoms with van der Waals surface area (Å²) in [5.41, 5.74) is 0.946. The van der Waals surface area contributed by atoms with Crippen LogP contribution in [-0.2, 0) is 9.53 Å². The van der Waals surface area contributed by atoms with Gasteiger partial charge in [0.2, 0.25) is 0 Å². The number of carbonyl (C=O) groups excluding carboxylic acids is 2. The van der Waals surface area contributed by atoms with E-state index in [0.717, 1.165) is 0 Å². The number of carbonyl (C=O) groups is 2. The monoisotopic (exact) mass is 549 g/mol. The van der Waals surface area contributed by atoms with Crippen molar-refractivity contribution < 1.29 is 28.2 Å². The second-order valence-electron chi connectivity index (χ2n) is 6.22. The van der Waals surface area contributed by atoms with Gasteiger partial charge in [0.15, 0.2) is 23.0 Å². The molecule has 2 heterocycles. The summed E-state index contributed by atoms with van der Waals surface area (Å²) in [5.74, 6) is -0.224. The number of esters is 2. The summed E-state index contributed by atoms with van der Waals surface area (Å²) >= 11 is 8.09. The Balaban J connectivity index is 1.64. The van der Waals surface area contributed by atoms with Gasteiger partial charge in [-0.05, 0) is 70.6 Å². The predicted octanol–water partition coefficient (Wildman–Crippen LogP) is 5.11. The molecule has 9 heteroatoms. The van der Waals surface area contributed by atoms with E-state index in [9.17, 15) is 9.59 Å². The average molecular weight is 550 g/mol. The molecule has 3 aromatic rings. The molecular formula is C22H13ClINO6. The van der Waals surface area contributed by atoms with Crippen molar-refractivity contribution in [3.63, 3.8) is 0 Å². The molecule has 0 spiro atoms. The molecule has 0 amide bonds. The first kappa shape index (κ1) is 21.1. The summed E-state index contributed by atoms with van der Waals surface area (Å²) in [6.07, 6.45) is 3.01. The SMILES string of the molecule is COc1cc(/C=C2\N=C(c3ccco3)OC2=O)cc(I)c1OC(=O)c1ccccc1Cl. The van der Waals surface area contributed by atoms with E-state index in [0.29, 0.717) is 20.6 Å². The molecule has 2 aromatic carbocycles. The summed E-state index contributed by atoms with van der Waals surface area (Å²) < 4.78 is 21.9. The fourth-order valence-corrected chi connectivity index (χ4v) is 3.72. The third kappa shape index (κ3) is 4.49. The van der Waals surface area contributed by atoms with Crippen LogP contribution < -0.4 is 9.47 Å². The van der Waals surface area contributed by atoms with Gasteiger partial charge in [-0.1, -0.05) is 23.7 Å². The van der Waals surface area contributed by atoms with Gasteiger partial charge in [0.05, 0.1) is 27.5 Å². The van der Waals surface area contributed by atoms with E-state index in [1.165, 1.54) is 13.4 Å². The largest absolute Gasteiger partial charge is 0.493 e. The standard InChI is InChI=1S/C22H13ClINO6/c1-28-18-11-12(10-16-22(27)31-20(25-16)17-7-4-8-29-17)9-15(24)19(18)30-21(26)13-5-2-3-6-14(13)23/h2-11H,1H3/b16-10-. The number of methoxy groups -OCH3 is 1. The number of nitrogens with zero attached hydrogens (tertiary/aromatic N) is 1. The average Bonchev–Trinajstić information content (AvgIpc) is 3.40. The zero-order chi connectivity index (χ0) is 22.0. The molecular weight excluding hydrogens is 537 g/mol. The first-order valence-electron chi connectivity index (χ1n) is 8.87. The molecule has 1 aliphatic rings. The van der Waals surface area contributed by atoms with Crippen molar-refractivity contribution in [1.29, 1.82) is 0 Å². The molecule has 0 bridgehead atoms.